The molecule has 0 saturated heterocycles. The van der Waals surface area contributed by atoms with Gasteiger partial charge >= 0.3 is 12.0 Å². The molecule has 1 rings (SSSR count). The minimum atomic E-state index is -2.57. The third-order valence-electron chi connectivity index (χ3n) is 2.61. The van der Waals surface area contributed by atoms with Crippen LogP contribution in [0.25, 0.3) is 0 Å². The molecule has 1 unspecified atom stereocenters. The number of carboxylic acids is 1. The zero-order chi connectivity index (χ0) is 17.6. The predicted molar refractivity (Wildman–Crippen MR) is 78.4 cm³/mol. The molecule has 0 bridgehead atoms. The van der Waals surface area contributed by atoms with Gasteiger partial charge in [-0.1, -0.05) is 0 Å². The summed E-state index contributed by atoms with van der Waals surface area (Å²) in [5.74, 6) is -2.74. The lowest BCUT2D eigenvalue weighted by Gasteiger charge is -2.19. The van der Waals surface area contributed by atoms with Gasteiger partial charge in [-0.05, 0) is 25.1 Å². The summed E-state index contributed by atoms with van der Waals surface area (Å²) in [6.07, 6.45) is -2.57. The SMILES string of the molecule is CC(O)(CNC(=O)Nc1cc(F)ccc1SCC(F)F)C(=O)O. The molecular weight excluding hydrogens is 337 g/mol. The molecule has 0 saturated carbocycles. The number of carbonyl (C=O) groups excluding carboxylic acids is 1. The molecule has 0 aromatic heterocycles. The lowest BCUT2D eigenvalue weighted by molar-refractivity contribution is -0.155. The van der Waals surface area contributed by atoms with E-state index in [4.69, 9.17) is 5.11 Å². The lowest BCUT2D eigenvalue weighted by atomic mass is 10.1. The first-order valence-corrected chi connectivity index (χ1v) is 7.31. The number of amides is 2. The van der Waals surface area contributed by atoms with Gasteiger partial charge in [0.25, 0.3) is 0 Å². The lowest BCUT2D eigenvalue weighted by Crippen LogP contribution is -2.47. The second-order valence-electron chi connectivity index (χ2n) is 4.73. The predicted octanol–water partition coefficient (Wildman–Crippen LogP) is 2.14. The van der Waals surface area contributed by atoms with Crippen LogP contribution in [0, 0.1) is 5.82 Å². The Morgan fingerprint density at radius 3 is 2.61 bits per heavy atom. The summed E-state index contributed by atoms with van der Waals surface area (Å²) in [4.78, 5) is 22.6. The molecule has 0 spiro atoms. The number of aliphatic hydroxyl groups is 1. The molecule has 0 fully saturated rings. The molecule has 23 heavy (non-hydrogen) atoms. The molecule has 0 aliphatic carbocycles. The summed E-state index contributed by atoms with van der Waals surface area (Å²) in [5.41, 5.74) is -2.21. The van der Waals surface area contributed by atoms with Crippen molar-refractivity contribution in [2.75, 3.05) is 17.6 Å². The zero-order valence-corrected chi connectivity index (χ0v) is 12.8. The maximum Gasteiger partial charge on any atom is 0.337 e. The highest BCUT2D eigenvalue weighted by Gasteiger charge is 2.30. The fourth-order valence-corrected chi connectivity index (χ4v) is 2.11. The molecule has 1 aromatic carbocycles. The molecule has 10 heteroatoms. The Hall–Kier alpha value is -1.94. The van der Waals surface area contributed by atoms with Gasteiger partial charge < -0.3 is 20.8 Å². The average molecular weight is 352 g/mol. The molecule has 6 nitrogen and oxygen atoms in total. The number of rotatable bonds is 7. The Balaban J connectivity index is 2.73. The van der Waals surface area contributed by atoms with E-state index in [2.05, 4.69) is 10.6 Å². The van der Waals surface area contributed by atoms with Gasteiger partial charge in [0.05, 0.1) is 18.0 Å². The van der Waals surface area contributed by atoms with Crippen LogP contribution in [0.1, 0.15) is 6.92 Å². The van der Waals surface area contributed by atoms with E-state index < -0.39 is 42.1 Å². The number of aliphatic carboxylic acids is 1. The van der Waals surface area contributed by atoms with Crippen LogP contribution in [0.3, 0.4) is 0 Å². The van der Waals surface area contributed by atoms with E-state index in [0.29, 0.717) is 0 Å². The van der Waals surface area contributed by atoms with E-state index in [1.807, 2.05) is 0 Å². The zero-order valence-electron chi connectivity index (χ0n) is 12.0. The highest BCUT2D eigenvalue weighted by molar-refractivity contribution is 7.99. The van der Waals surface area contributed by atoms with Crippen LogP contribution in [0.2, 0.25) is 0 Å². The van der Waals surface area contributed by atoms with E-state index >= 15 is 0 Å². The largest absolute Gasteiger partial charge is 0.479 e. The molecule has 128 valence electrons. The fraction of sp³-hybridized carbons (Fsp3) is 0.385. The molecule has 0 aliphatic rings. The van der Waals surface area contributed by atoms with Crippen LogP contribution in [-0.2, 0) is 4.79 Å². The van der Waals surface area contributed by atoms with Crippen molar-refractivity contribution in [3.05, 3.63) is 24.0 Å². The van der Waals surface area contributed by atoms with Gasteiger partial charge in [-0.3, -0.25) is 0 Å². The standard InChI is InChI=1S/C13H15F3N2O4S/c1-13(22,11(19)20)6-17-12(21)18-8-4-7(14)2-3-9(8)23-5-10(15)16/h2-4,10,22H,5-6H2,1H3,(H,19,20)(H2,17,18,21). The summed E-state index contributed by atoms with van der Waals surface area (Å²) in [6.45, 7) is 0.394. The molecule has 0 heterocycles. The summed E-state index contributed by atoms with van der Waals surface area (Å²) in [7, 11) is 0. The topological polar surface area (TPSA) is 98.7 Å². The van der Waals surface area contributed by atoms with Gasteiger partial charge in [0, 0.05) is 4.90 Å². The van der Waals surface area contributed by atoms with Gasteiger partial charge in [-0.15, -0.1) is 11.8 Å². The number of carbonyl (C=O) groups is 2. The molecule has 1 atom stereocenters. The minimum absolute atomic E-state index is 0.0388. The molecule has 4 N–H and O–H groups in total. The van der Waals surface area contributed by atoms with Gasteiger partial charge in [-0.25, -0.2) is 22.8 Å². The second-order valence-corrected chi connectivity index (χ2v) is 5.79. The molecular formula is C13H15F3N2O4S. The summed E-state index contributed by atoms with van der Waals surface area (Å²) >= 11 is 0.732. The molecule has 2 amide bonds. The van der Waals surface area contributed by atoms with Gasteiger partial charge in [0.15, 0.2) is 5.60 Å². The van der Waals surface area contributed by atoms with E-state index in [1.165, 1.54) is 6.07 Å². The third kappa shape index (κ3) is 6.37. The van der Waals surface area contributed by atoms with Crippen LogP contribution in [0.4, 0.5) is 23.7 Å². The number of thioether (sulfide) groups is 1. The fourth-order valence-electron chi connectivity index (χ4n) is 1.37. The summed E-state index contributed by atoms with van der Waals surface area (Å²) in [5, 5.41) is 22.5. The van der Waals surface area contributed by atoms with E-state index in [-0.39, 0.29) is 10.6 Å². The van der Waals surface area contributed by atoms with Crippen molar-refractivity contribution in [1.82, 2.24) is 5.32 Å². The van der Waals surface area contributed by atoms with Crippen molar-refractivity contribution in [2.24, 2.45) is 0 Å². The van der Waals surface area contributed by atoms with Gasteiger partial charge in [-0.2, -0.15) is 0 Å². The van der Waals surface area contributed by atoms with Gasteiger partial charge in [0.1, 0.15) is 5.82 Å². The number of hydrogen-bond donors (Lipinski definition) is 4. The quantitative estimate of drug-likeness (QED) is 0.564. The number of carboxylic acid groups (broad SMARTS) is 1. The number of urea groups is 1. The number of benzene rings is 1. The monoisotopic (exact) mass is 352 g/mol. The maximum absolute atomic E-state index is 13.2. The van der Waals surface area contributed by atoms with Crippen LogP contribution >= 0.6 is 11.8 Å². The van der Waals surface area contributed by atoms with Crippen molar-refractivity contribution in [3.8, 4) is 0 Å². The van der Waals surface area contributed by atoms with Crippen molar-refractivity contribution in [3.63, 3.8) is 0 Å². The highest BCUT2D eigenvalue weighted by Crippen LogP contribution is 2.29. The Kier molecular flexibility index (Phi) is 6.70. The average Bonchev–Trinajstić information content (AvgIpc) is 2.44. The second kappa shape index (κ2) is 8.06. The summed E-state index contributed by atoms with van der Waals surface area (Å²) < 4.78 is 37.7. The first kappa shape index (κ1) is 19.1. The number of alkyl halides is 2. The Labute approximate surface area is 134 Å². The Morgan fingerprint density at radius 1 is 1.39 bits per heavy atom. The first-order valence-electron chi connectivity index (χ1n) is 6.33. The maximum atomic E-state index is 13.2. The van der Waals surface area contributed by atoms with Crippen LogP contribution in [0.15, 0.2) is 23.1 Å². The Morgan fingerprint density at radius 2 is 2.04 bits per heavy atom. The highest BCUT2D eigenvalue weighted by atomic mass is 32.2. The van der Waals surface area contributed by atoms with Crippen LogP contribution in [0.5, 0.6) is 0 Å². The Bertz CT molecular complexity index is 584. The van der Waals surface area contributed by atoms with E-state index in [0.717, 1.165) is 30.8 Å². The van der Waals surface area contributed by atoms with Crippen molar-refractivity contribution in [1.29, 1.82) is 0 Å². The molecule has 1 aromatic rings. The number of nitrogens with one attached hydrogen (secondary N) is 2. The van der Waals surface area contributed by atoms with Crippen molar-refractivity contribution in [2.45, 2.75) is 23.8 Å². The normalized spacial score (nSPS) is 13.5. The molecule has 0 aliphatic heterocycles. The van der Waals surface area contributed by atoms with Crippen LogP contribution < -0.4 is 10.6 Å². The van der Waals surface area contributed by atoms with E-state index in [9.17, 15) is 27.9 Å². The number of hydrogen-bond acceptors (Lipinski definition) is 4. The van der Waals surface area contributed by atoms with Crippen molar-refractivity contribution >= 4 is 29.4 Å². The number of anilines is 1. The molecule has 0 radical (unpaired) electrons. The third-order valence-corrected chi connectivity index (χ3v) is 3.69. The van der Waals surface area contributed by atoms with Gasteiger partial charge in [0.2, 0.25) is 6.43 Å². The van der Waals surface area contributed by atoms with Crippen molar-refractivity contribution < 1.29 is 33.0 Å². The number of halogens is 3. The van der Waals surface area contributed by atoms with Crippen LogP contribution in [-0.4, -0.2) is 46.5 Å². The first-order chi connectivity index (χ1) is 10.6. The smallest absolute Gasteiger partial charge is 0.337 e. The summed E-state index contributed by atoms with van der Waals surface area (Å²) in [6, 6.07) is 2.34. The minimum Gasteiger partial charge on any atom is -0.479 e. The van der Waals surface area contributed by atoms with E-state index in [1.54, 1.807) is 0 Å².